The van der Waals surface area contributed by atoms with E-state index in [4.69, 9.17) is 4.74 Å². The van der Waals surface area contributed by atoms with Crippen LogP contribution in [0.5, 0.6) is 0 Å². The Morgan fingerprint density at radius 2 is 1.86 bits per heavy atom. The van der Waals surface area contributed by atoms with Crippen molar-refractivity contribution >= 4 is 34.7 Å². The van der Waals surface area contributed by atoms with E-state index in [2.05, 4.69) is 34.4 Å². The zero-order valence-corrected chi connectivity index (χ0v) is 22.9. The summed E-state index contributed by atoms with van der Waals surface area (Å²) in [7, 11) is 0. The number of aromatic amines is 1. The molecule has 0 unspecified atom stereocenters. The molecule has 35 heavy (non-hydrogen) atoms. The number of nitrogens with zero attached hydrogens (tertiary/aromatic N) is 1. The van der Waals surface area contributed by atoms with Crippen LogP contribution in [0.3, 0.4) is 0 Å². The van der Waals surface area contributed by atoms with Crippen LogP contribution in [0.1, 0.15) is 76.1 Å². The first-order valence-corrected chi connectivity index (χ1v) is 13.4. The van der Waals surface area contributed by atoms with Crippen LogP contribution in [0.2, 0.25) is 0 Å². The van der Waals surface area contributed by atoms with Crippen molar-refractivity contribution in [3.63, 3.8) is 0 Å². The Labute approximate surface area is 218 Å². The topological polar surface area (TPSA) is 86.5 Å². The number of carbonyl (C=O) groups excluding carboxylic acids is 1. The summed E-state index contributed by atoms with van der Waals surface area (Å²) in [5, 5.41) is 7.75. The first-order valence-electron chi connectivity index (χ1n) is 12.6. The van der Waals surface area contributed by atoms with Crippen molar-refractivity contribution in [2.75, 3.05) is 37.7 Å². The number of amides is 1. The predicted molar refractivity (Wildman–Crippen MR) is 146 cm³/mol. The fourth-order valence-electron chi connectivity index (χ4n) is 5.37. The summed E-state index contributed by atoms with van der Waals surface area (Å²) >= 11 is 1.81. The number of carbonyl (C=O) groups is 1. The van der Waals surface area contributed by atoms with Crippen molar-refractivity contribution in [1.29, 1.82) is 0 Å². The SMILES string of the molecule is CCN(c1sc(C2CCNCC2)c(C(=O)NCc2c(C)cc(C)[nH]c2=O)c1C)C1CCOCC1.Cl. The highest BCUT2D eigenvalue weighted by Crippen LogP contribution is 2.43. The number of aryl methyl sites for hydroxylation is 2. The van der Waals surface area contributed by atoms with Gasteiger partial charge in [-0.1, -0.05) is 0 Å². The molecule has 2 aliphatic heterocycles. The monoisotopic (exact) mass is 522 g/mol. The van der Waals surface area contributed by atoms with Crippen molar-refractivity contribution in [2.45, 2.75) is 71.9 Å². The van der Waals surface area contributed by atoms with Gasteiger partial charge in [-0.15, -0.1) is 23.7 Å². The summed E-state index contributed by atoms with van der Waals surface area (Å²) in [4.78, 5) is 32.6. The minimum atomic E-state index is -0.129. The molecule has 2 aromatic rings. The third-order valence-electron chi connectivity index (χ3n) is 7.24. The van der Waals surface area contributed by atoms with E-state index in [1.807, 2.05) is 19.9 Å². The van der Waals surface area contributed by atoms with Crippen LogP contribution in [0.4, 0.5) is 5.00 Å². The summed E-state index contributed by atoms with van der Waals surface area (Å²) in [5.74, 6) is 0.313. The summed E-state index contributed by atoms with van der Waals surface area (Å²) in [6, 6.07) is 2.39. The highest BCUT2D eigenvalue weighted by Gasteiger charge is 2.31. The fourth-order valence-corrected chi connectivity index (χ4v) is 6.98. The minimum Gasteiger partial charge on any atom is -0.381 e. The van der Waals surface area contributed by atoms with Crippen LogP contribution in [-0.4, -0.2) is 49.8 Å². The summed E-state index contributed by atoms with van der Waals surface area (Å²) in [5.41, 5.74) is 4.11. The maximum absolute atomic E-state index is 13.6. The molecule has 2 saturated heterocycles. The normalized spacial score (nSPS) is 17.1. The number of hydrogen-bond acceptors (Lipinski definition) is 6. The molecule has 4 rings (SSSR count). The Balaban J connectivity index is 0.00000342. The molecule has 4 heterocycles. The quantitative estimate of drug-likeness (QED) is 0.507. The average Bonchev–Trinajstić information content (AvgIpc) is 3.17. The molecule has 194 valence electrons. The van der Waals surface area contributed by atoms with E-state index in [1.165, 1.54) is 9.88 Å². The molecule has 7 nitrogen and oxygen atoms in total. The molecule has 1 amide bonds. The second-order valence-electron chi connectivity index (χ2n) is 9.55. The molecule has 9 heteroatoms. The number of piperidine rings is 1. The number of rotatable bonds is 7. The van der Waals surface area contributed by atoms with Gasteiger partial charge >= 0.3 is 0 Å². The lowest BCUT2D eigenvalue weighted by Gasteiger charge is -2.35. The molecule has 0 spiro atoms. The van der Waals surface area contributed by atoms with Gasteiger partial charge < -0.3 is 25.3 Å². The van der Waals surface area contributed by atoms with E-state index in [0.717, 1.165) is 80.9 Å². The van der Waals surface area contributed by atoms with Gasteiger partial charge in [0.15, 0.2) is 0 Å². The number of hydrogen-bond donors (Lipinski definition) is 3. The van der Waals surface area contributed by atoms with Crippen LogP contribution in [-0.2, 0) is 11.3 Å². The maximum Gasteiger partial charge on any atom is 0.253 e. The van der Waals surface area contributed by atoms with Gasteiger partial charge in [0.2, 0.25) is 0 Å². The van der Waals surface area contributed by atoms with Crippen LogP contribution < -0.4 is 21.1 Å². The lowest BCUT2D eigenvalue weighted by atomic mass is 9.92. The van der Waals surface area contributed by atoms with Crippen LogP contribution >= 0.6 is 23.7 Å². The van der Waals surface area contributed by atoms with Gasteiger partial charge in [-0.05, 0) is 89.6 Å². The Kier molecular flexibility index (Phi) is 9.81. The van der Waals surface area contributed by atoms with E-state index in [1.54, 1.807) is 11.3 Å². The standard InChI is InChI=1S/C26H38N4O3S.ClH/c1-5-30(20-8-12-33-13-9-20)26-18(4)22(23(34-26)19-6-10-27-11-7-19)25(32)28-15-21-16(2)14-17(3)29-24(21)31;/h14,19-20,27H,5-13,15H2,1-4H3,(H,28,32)(H,29,31);1H. The van der Waals surface area contributed by atoms with Crippen molar-refractivity contribution in [3.8, 4) is 0 Å². The number of thiophene rings is 1. The Morgan fingerprint density at radius 3 is 2.49 bits per heavy atom. The number of anilines is 1. The fraction of sp³-hybridized carbons (Fsp3) is 0.615. The first-order chi connectivity index (χ1) is 16.4. The highest BCUT2D eigenvalue weighted by molar-refractivity contribution is 7.16. The van der Waals surface area contributed by atoms with Crippen molar-refractivity contribution in [3.05, 3.63) is 49.2 Å². The summed E-state index contributed by atoms with van der Waals surface area (Å²) in [6.45, 7) is 12.8. The summed E-state index contributed by atoms with van der Waals surface area (Å²) < 4.78 is 5.60. The molecule has 0 bridgehead atoms. The Hall–Kier alpha value is -1.87. The molecule has 0 radical (unpaired) electrons. The second kappa shape index (κ2) is 12.4. The second-order valence-corrected chi connectivity index (χ2v) is 10.6. The van der Waals surface area contributed by atoms with Gasteiger partial charge in [0.25, 0.3) is 11.5 Å². The number of H-pyrrole nitrogens is 1. The zero-order chi connectivity index (χ0) is 24.2. The molecular weight excluding hydrogens is 484 g/mol. The number of aromatic nitrogens is 1. The van der Waals surface area contributed by atoms with Gasteiger partial charge in [0, 0.05) is 48.5 Å². The molecule has 0 saturated carbocycles. The molecule has 3 N–H and O–H groups in total. The van der Waals surface area contributed by atoms with Crippen molar-refractivity contribution < 1.29 is 9.53 Å². The lowest BCUT2D eigenvalue weighted by Crippen LogP contribution is -2.39. The van der Waals surface area contributed by atoms with Gasteiger partial charge in [-0.25, -0.2) is 0 Å². The number of ether oxygens (including phenoxy) is 1. The maximum atomic E-state index is 13.6. The van der Waals surface area contributed by atoms with Crippen LogP contribution in [0.25, 0.3) is 0 Å². The number of nitrogens with one attached hydrogen (secondary N) is 3. The molecule has 0 atom stereocenters. The molecule has 2 fully saturated rings. The van der Waals surface area contributed by atoms with Gasteiger partial charge in [0.1, 0.15) is 0 Å². The Morgan fingerprint density at radius 1 is 1.17 bits per heavy atom. The summed E-state index contributed by atoms with van der Waals surface area (Å²) in [6.07, 6.45) is 4.12. The van der Waals surface area contributed by atoms with Gasteiger partial charge in [-0.3, -0.25) is 9.59 Å². The van der Waals surface area contributed by atoms with Crippen molar-refractivity contribution in [2.24, 2.45) is 0 Å². The van der Waals surface area contributed by atoms with E-state index in [0.29, 0.717) is 17.5 Å². The van der Waals surface area contributed by atoms with E-state index in [-0.39, 0.29) is 30.4 Å². The third kappa shape index (κ3) is 6.10. The van der Waals surface area contributed by atoms with Crippen LogP contribution in [0, 0.1) is 20.8 Å². The zero-order valence-electron chi connectivity index (χ0n) is 21.3. The van der Waals surface area contributed by atoms with E-state index in [9.17, 15) is 9.59 Å². The van der Waals surface area contributed by atoms with E-state index >= 15 is 0 Å². The molecular formula is C26H39ClN4O3S. The number of pyridine rings is 1. The van der Waals surface area contributed by atoms with Crippen LogP contribution in [0.15, 0.2) is 10.9 Å². The van der Waals surface area contributed by atoms with Crippen molar-refractivity contribution in [1.82, 2.24) is 15.6 Å². The number of halogens is 1. The molecule has 2 aromatic heterocycles. The van der Waals surface area contributed by atoms with Gasteiger partial charge in [0.05, 0.1) is 10.6 Å². The molecule has 2 aliphatic rings. The smallest absolute Gasteiger partial charge is 0.253 e. The first kappa shape index (κ1) is 27.7. The predicted octanol–water partition coefficient (Wildman–Crippen LogP) is 4.19. The largest absolute Gasteiger partial charge is 0.381 e. The van der Waals surface area contributed by atoms with E-state index < -0.39 is 0 Å². The third-order valence-corrected chi connectivity index (χ3v) is 8.73. The molecule has 0 aliphatic carbocycles. The molecule has 0 aromatic carbocycles. The minimum absolute atomic E-state index is 0. The lowest BCUT2D eigenvalue weighted by molar-refractivity contribution is 0.0847. The Bertz CT molecular complexity index is 1070. The highest BCUT2D eigenvalue weighted by atomic mass is 35.5. The average molecular weight is 523 g/mol. The van der Waals surface area contributed by atoms with Gasteiger partial charge in [-0.2, -0.15) is 0 Å².